The molecule has 1 saturated heterocycles. The Morgan fingerprint density at radius 1 is 1.50 bits per heavy atom. The summed E-state index contributed by atoms with van der Waals surface area (Å²) in [5, 5.41) is 4.22. The summed E-state index contributed by atoms with van der Waals surface area (Å²) in [4.78, 5) is 2.35. The molecule has 2 rings (SSSR count). The SMILES string of the molecule is COc1c(Br)cc(Cl)cc1NC1CC(C)N(C)C1. The number of halogens is 2. The maximum Gasteiger partial charge on any atom is 0.156 e. The van der Waals surface area contributed by atoms with E-state index in [-0.39, 0.29) is 0 Å². The van der Waals surface area contributed by atoms with Crippen molar-refractivity contribution in [3.8, 4) is 5.75 Å². The molecule has 0 saturated carbocycles. The zero-order valence-electron chi connectivity index (χ0n) is 10.8. The zero-order valence-corrected chi connectivity index (χ0v) is 13.2. The molecule has 1 heterocycles. The number of likely N-dealkylation sites (tertiary alicyclic amines) is 1. The van der Waals surface area contributed by atoms with Crippen LogP contribution in [0.1, 0.15) is 13.3 Å². The van der Waals surface area contributed by atoms with Crippen molar-refractivity contribution >= 4 is 33.2 Å². The summed E-state index contributed by atoms with van der Waals surface area (Å²) in [5.74, 6) is 0.807. The van der Waals surface area contributed by atoms with Crippen LogP contribution in [0.4, 0.5) is 5.69 Å². The molecule has 5 heteroatoms. The Bertz CT molecular complexity index is 431. The maximum absolute atomic E-state index is 6.09. The highest BCUT2D eigenvalue weighted by Gasteiger charge is 2.26. The Kier molecular flexibility index (Phi) is 4.41. The minimum Gasteiger partial charge on any atom is -0.493 e. The first-order chi connectivity index (χ1) is 8.51. The van der Waals surface area contributed by atoms with Gasteiger partial charge in [0.25, 0.3) is 0 Å². The third kappa shape index (κ3) is 2.92. The average molecular weight is 334 g/mol. The van der Waals surface area contributed by atoms with E-state index in [4.69, 9.17) is 16.3 Å². The van der Waals surface area contributed by atoms with Crippen LogP contribution in [0.5, 0.6) is 5.75 Å². The second-order valence-electron chi connectivity index (χ2n) is 4.83. The number of likely N-dealkylation sites (N-methyl/N-ethyl adjacent to an activating group) is 1. The Labute approximate surface area is 122 Å². The van der Waals surface area contributed by atoms with Crippen molar-refractivity contribution in [2.24, 2.45) is 0 Å². The van der Waals surface area contributed by atoms with Crippen molar-refractivity contribution in [3.63, 3.8) is 0 Å². The van der Waals surface area contributed by atoms with E-state index in [0.717, 1.165) is 28.9 Å². The molecule has 1 N–H and O–H groups in total. The molecule has 2 atom stereocenters. The second kappa shape index (κ2) is 5.68. The Morgan fingerprint density at radius 2 is 2.22 bits per heavy atom. The van der Waals surface area contributed by atoms with E-state index in [9.17, 15) is 0 Å². The van der Waals surface area contributed by atoms with Gasteiger partial charge < -0.3 is 15.0 Å². The van der Waals surface area contributed by atoms with E-state index >= 15 is 0 Å². The Morgan fingerprint density at radius 3 is 2.78 bits per heavy atom. The number of nitrogens with one attached hydrogen (secondary N) is 1. The Hall–Kier alpha value is -0.450. The maximum atomic E-state index is 6.09. The molecular weight excluding hydrogens is 316 g/mol. The molecule has 1 aliphatic heterocycles. The molecule has 18 heavy (non-hydrogen) atoms. The number of hydrogen-bond donors (Lipinski definition) is 1. The van der Waals surface area contributed by atoms with E-state index in [2.05, 4.69) is 40.1 Å². The van der Waals surface area contributed by atoms with Crippen molar-refractivity contribution in [2.45, 2.75) is 25.4 Å². The standard InChI is InChI=1S/C13H18BrClN2O/c1-8-4-10(7-17(8)2)16-12-6-9(15)5-11(14)13(12)18-3/h5-6,8,10,16H,4,7H2,1-3H3. The topological polar surface area (TPSA) is 24.5 Å². The lowest BCUT2D eigenvalue weighted by Gasteiger charge is -2.18. The molecule has 0 aromatic heterocycles. The monoisotopic (exact) mass is 332 g/mol. The van der Waals surface area contributed by atoms with Gasteiger partial charge in [-0.3, -0.25) is 0 Å². The molecule has 2 unspecified atom stereocenters. The van der Waals surface area contributed by atoms with E-state index in [1.807, 2.05) is 12.1 Å². The fourth-order valence-electron chi connectivity index (χ4n) is 2.39. The molecule has 100 valence electrons. The molecule has 1 aromatic rings. The predicted molar refractivity (Wildman–Crippen MR) is 79.8 cm³/mol. The fourth-order valence-corrected chi connectivity index (χ4v) is 3.37. The van der Waals surface area contributed by atoms with Gasteiger partial charge in [-0.25, -0.2) is 0 Å². The van der Waals surface area contributed by atoms with Crippen LogP contribution < -0.4 is 10.1 Å². The summed E-state index contributed by atoms with van der Waals surface area (Å²) in [7, 11) is 3.82. The number of anilines is 1. The van der Waals surface area contributed by atoms with E-state index < -0.39 is 0 Å². The van der Waals surface area contributed by atoms with Crippen LogP contribution in [0.25, 0.3) is 0 Å². The van der Waals surface area contributed by atoms with Crippen LogP contribution in [-0.2, 0) is 0 Å². The van der Waals surface area contributed by atoms with Gasteiger partial charge in [-0.05, 0) is 48.5 Å². The Balaban J connectivity index is 2.19. The van der Waals surface area contributed by atoms with Crippen LogP contribution in [0.15, 0.2) is 16.6 Å². The van der Waals surface area contributed by atoms with Gasteiger partial charge in [0.15, 0.2) is 5.75 Å². The van der Waals surface area contributed by atoms with Crippen LogP contribution in [-0.4, -0.2) is 37.7 Å². The van der Waals surface area contributed by atoms with Gasteiger partial charge in [-0.2, -0.15) is 0 Å². The lowest BCUT2D eigenvalue weighted by molar-refractivity contribution is 0.330. The lowest BCUT2D eigenvalue weighted by Crippen LogP contribution is -2.25. The fraction of sp³-hybridized carbons (Fsp3) is 0.538. The number of hydrogen-bond acceptors (Lipinski definition) is 3. The van der Waals surface area contributed by atoms with E-state index in [1.54, 1.807) is 7.11 Å². The molecule has 1 aromatic carbocycles. The van der Waals surface area contributed by atoms with Gasteiger partial charge in [0.05, 0.1) is 17.3 Å². The minimum absolute atomic E-state index is 0.435. The van der Waals surface area contributed by atoms with Crippen molar-refractivity contribution in [3.05, 3.63) is 21.6 Å². The largest absolute Gasteiger partial charge is 0.493 e. The third-order valence-corrected chi connectivity index (χ3v) is 4.27. The summed E-state index contributed by atoms with van der Waals surface area (Å²) in [6.45, 7) is 3.28. The molecule has 0 radical (unpaired) electrons. The average Bonchev–Trinajstić information content (AvgIpc) is 2.57. The van der Waals surface area contributed by atoms with Gasteiger partial charge >= 0.3 is 0 Å². The molecule has 0 amide bonds. The van der Waals surface area contributed by atoms with Crippen molar-refractivity contribution in [2.75, 3.05) is 26.0 Å². The number of nitrogens with zero attached hydrogens (tertiary/aromatic N) is 1. The molecule has 0 bridgehead atoms. The number of rotatable bonds is 3. The van der Waals surface area contributed by atoms with Gasteiger partial charge in [0, 0.05) is 23.7 Å². The molecule has 0 aliphatic carbocycles. The number of ether oxygens (including phenoxy) is 1. The van der Waals surface area contributed by atoms with Crippen molar-refractivity contribution in [1.29, 1.82) is 0 Å². The van der Waals surface area contributed by atoms with E-state index in [1.165, 1.54) is 0 Å². The summed E-state index contributed by atoms with van der Waals surface area (Å²) in [6, 6.07) is 4.80. The highest BCUT2D eigenvalue weighted by atomic mass is 79.9. The minimum atomic E-state index is 0.435. The highest BCUT2D eigenvalue weighted by molar-refractivity contribution is 9.10. The first-order valence-corrected chi connectivity index (χ1v) is 7.18. The highest BCUT2D eigenvalue weighted by Crippen LogP contribution is 2.37. The third-order valence-electron chi connectivity index (χ3n) is 3.46. The van der Waals surface area contributed by atoms with Crippen LogP contribution in [0.2, 0.25) is 5.02 Å². The summed E-state index contributed by atoms with van der Waals surface area (Å²) in [6.07, 6.45) is 1.13. The van der Waals surface area contributed by atoms with Crippen LogP contribution in [0.3, 0.4) is 0 Å². The van der Waals surface area contributed by atoms with Crippen molar-refractivity contribution in [1.82, 2.24) is 4.90 Å². The second-order valence-corrected chi connectivity index (χ2v) is 6.12. The first kappa shape index (κ1) is 14.0. The zero-order chi connectivity index (χ0) is 13.3. The molecule has 1 aliphatic rings. The van der Waals surface area contributed by atoms with Gasteiger partial charge in [0.1, 0.15) is 0 Å². The summed E-state index contributed by atoms with van der Waals surface area (Å²) in [5.41, 5.74) is 0.948. The smallest absolute Gasteiger partial charge is 0.156 e. The van der Waals surface area contributed by atoms with E-state index in [0.29, 0.717) is 17.1 Å². The van der Waals surface area contributed by atoms with Gasteiger partial charge in [-0.1, -0.05) is 11.6 Å². The quantitative estimate of drug-likeness (QED) is 0.914. The van der Waals surface area contributed by atoms with Gasteiger partial charge in [-0.15, -0.1) is 0 Å². The number of benzene rings is 1. The normalized spacial score (nSPS) is 24.3. The molecular formula is C13H18BrClN2O. The molecule has 0 spiro atoms. The molecule has 1 fully saturated rings. The van der Waals surface area contributed by atoms with Gasteiger partial charge in [0.2, 0.25) is 0 Å². The number of methoxy groups -OCH3 is 1. The summed E-state index contributed by atoms with van der Waals surface area (Å²) >= 11 is 9.56. The predicted octanol–water partition coefficient (Wildman–Crippen LogP) is 3.62. The molecule has 3 nitrogen and oxygen atoms in total. The van der Waals surface area contributed by atoms with Crippen molar-refractivity contribution < 1.29 is 4.74 Å². The summed E-state index contributed by atoms with van der Waals surface area (Å²) < 4.78 is 6.29. The van der Waals surface area contributed by atoms with Crippen LogP contribution >= 0.6 is 27.5 Å². The van der Waals surface area contributed by atoms with Crippen LogP contribution in [0, 0.1) is 0 Å². The lowest BCUT2D eigenvalue weighted by atomic mass is 10.2. The first-order valence-electron chi connectivity index (χ1n) is 6.01.